The number of hydrogen-bond acceptors (Lipinski definition) is 4. The molecule has 0 aliphatic carbocycles. The minimum atomic E-state index is -0.435. The largest absolute Gasteiger partial charge is 0.456 e. The molecule has 18 heavy (non-hydrogen) atoms. The SMILES string of the molecule is Nc1ccc(Oc2ccc([N+](=O)[O-])cc2I)cc1. The molecule has 92 valence electrons. The molecule has 2 aromatic carbocycles. The quantitative estimate of drug-likeness (QED) is 0.395. The van der Waals surface area contributed by atoms with Crippen molar-refractivity contribution in [2.24, 2.45) is 0 Å². The van der Waals surface area contributed by atoms with Gasteiger partial charge in [0.05, 0.1) is 8.49 Å². The molecule has 0 aliphatic rings. The van der Waals surface area contributed by atoms with Crippen molar-refractivity contribution in [3.63, 3.8) is 0 Å². The zero-order valence-electron chi connectivity index (χ0n) is 9.17. The summed E-state index contributed by atoms with van der Waals surface area (Å²) < 4.78 is 6.29. The molecule has 0 radical (unpaired) electrons. The first kappa shape index (κ1) is 12.6. The molecule has 0 aromatic heterocycles. The summed E-state index contributed by atoms with van der Waals surface area (Å²) in [7, 11) is 0. The molecule has 2 N–H and O–H groups in total. The van der Waals surface area contributed by atoms with Gasteiger partial charge in [0.15, 0.2) is 0 Å². The Bertz CT molecular complexity index is 584. The van der Waals surface area contributed by atoms with E-state index in [-0.39, 0.29) is 5.69 Å². The van der Waals surface area contributed by atoms with Crippen molar-refractivity contribution >= 4 is 34.0 Å². The lowest BCUT2D eigenvalue weighted by atomic mass is 10.3. The molecule has 0 saturated carbocycles. The molecular weight excluding hydrogens is 347 g/mol. The van der Waals surface area contributed by atoms with E-state index in [0.717, 1.165) is 0 Å². The Morgan fingerprint density at radius 3 is 2.39 bits per heavy atom. The number of ether oxygens (including phenoxy) is 1. The van der Waals surface area contributed by atoms with Crippen LogP contribution < -0.4 is 10.5 Å². The second-order valence-corrected chi connectivity index (χ2v) is 4.71. The summed E-state index contributed by atoms with van der Waals surface area (Å²) in [6, 6.07) is 11.4. The van der Waals surface area contributed by atoms with E-state index in [1.807, 2.05) is 22.6 Å². The second kappa shape index (κ2) is 5.21. The van der Waals surface area contributed by atoms with Crippen LogP contribution in [-0.4, -0.2) is 4.92 Å². The number of non-ortho nitro benzene ring substituents is 1. The highest BCUT2D eigenvalue weighted by molar-refractivity contribution is 14.1. The van der Waals surface area contributed by atoms with E-state index >= 15 is 0 Å². The number of benzene rings is 2. The summed E-state index contributed by atoms with van der Waals surface area (Å²) in [5, 5.41) is 10.6. The van der Waals surface area contributed by atoms with E-state index in [1.165, 1.54) is 12.1 Å². The number of rotatable bonds is 3. The number of nitro benzene ring substituents is 1. The van der Waals surface area contributed by atoms with Gasteiger partial charge >= 0.3 is 0 Å². The molecule has 5 nitrogen and oxygen atoms in total. The molecule has 2 aromatic rings. The van der Waals surface area contributed by atoms with Gasteiger partial charge < -0.3 is 10.5 Å². The Kier molecular flexibility index (Phi) is 3.66. The monoisotopic (exact) mass is 356 g/mol. The molecule has 0 heterocycles. The van der Waals surface area contributed by atoms with Gasteiger partial charge in [-0.25, -0.2) is 0 Å². The summed E-state index contributed by atoms with van der Waals surface area (Å²) in [4.78, 5) is 10.2. The summed E-state index contributed by atoms with van der Waals surface area (Å²) in [5.41, 5.74) is 6.27. The fourth-order valence-corrected chi connectivity index (χ4v) is 1.96. The van der Waals surface area contributed by atoms with Crippen LogP contribution in [0.2, 0.25) is 0 Å². The normalized spacial score (nSPS) is 10.1. The zero-order chi connectivity index (χ0) is 13.1. The van der Waals surface area contributed by atoms with Crippen LogP contribution in [0.3, 0.4) is 0 Å². The van der Waals surface area contributed by atoms with Gasteiger partial charge in [-0.3, -0.25) is 10.1 Å². The maximum atomic E-state index is 10.6. The van der Waals surface area contributed by atoms with Crippen LogP contribution in [0.15, 0.2) is 42.5 Å². The van der Waals surface area contributed by atoms with Gasteiger partial charge in [0, 0.05) is 17.8 Å². The van der Waals surface area contributed by atoms with E-state index in [2.05, 4.69) is 0 Å². The molecule has 0 unspecified atom stereocenters. The number of hydrogen-bond donors (Lipinski definition) is 1. The predicted octanol–water partition coefficient (Wildman–Crippen LogP) is 3.57. The van der Waals surface area contributed by atoms with E-state index in [0.29, 0.717) is 20.8 Å². The predicted molar refractivity (Wildman–Crippen MR) is 76.7 cm³/mol. The first-order chi connectivity index (χ1) is 8.56. The van der Waals surface area contributed by atoms with Crippen LogP contribution in [0.25, 0.3) is 0 Å². The highest BCUT2D eigenvalue weighted by Crippen LogP contribution is 2.29. The summed E-state index contributed by atoms with van der Waals surface area (Å²) >= 11 is 2.00. The molecule has 6 heteroatoms. The number of nitrogens with two attached hydrogens (primary N) is 1. The highest BCUT2D eigenvalue weighted by atomic mass is 127. The lowest BCUT2D eigenvalue weighted by Crippen LogP contribution is -1.92. The van der Waals surface area contributed by atoms with E-state index in [9.17, 15) is 10.1 Å². The lowest BCUT2D eigenvalue weighted by Gasteiger charge is -2.07. The third-order valence-electron chi connectivity index (χ3n) is 2.23. The lowest BCUT2D eigenvalue weighted by molar-refractivity contribution is -0.385. The van der Waals surface area contributed by atoms with Crippen LogP contribution in [0.5, 0.6) is 11.5 Å². The van der Waals surface area contributed by atoms with Gasteiger partial charge in [-0.1, -0.05) is 0 Å². The van der Waals surface area contributed by atoms with Crippen molar-refractivity contribution < 1.29 is 9.66 Å². The second-order valence-electron chi connectivity index (χ2n) is 3.54. The van der Waals surface area contributed by atoms with Gasteiger partial charge in [-0.05, 0) is 52.9 Å². The van der Waals surface area contributed by atoms with Crippen molar-refractivity contribution in [1.82, 2.24) is 0 Å². The van der Waals surface area contributed by atoms with Crippen LogP contribution in [0.4, 0.5) is 11.4 Å². The molecule has 0 aliphatic heterocycles. The maximum Gasteiger partial charge on any atom is 0.270 e. The average Bonchev–Trinajstić information content (AvgIpc) is 2.34. The summed E-state index contributed by atoms with van der Waals surface area (Å²) in [6.07, 6.45) is 0. The van der Waals surface area contributed by atoms with E-state index < -0.39 is 4.92 Å². The Morgan fingerprint density at radius 2 is 1.83 bits per heavy atom. The molecule has 0 bridgehead atoms. The fourth-order valence-electron chi connectivity index (χ4n) is 1.35. The number of nitrogens with zero attached hydrogens (tertiary/aromatic N) is 1. The molecule has 0 atom stereocenters. The number of nitrogen functional groups attached to an aromatic ring is 1. The van der Waals surface area contributed by atoms with Crippen LogP contribution in [0.1, 0.15) is 0 Å². The number of nitro groups is 1. The van der Waals surface area contributed by atoms with Crippen molar-refractivity contribution in [2.45, 2.75) is 0 Å². The highest BCUT2D eigenvalue weighted by Gasteiger charge is 2.10. The maximum absolute atomic E-state index is 10.6. The topological polar surface area (TPSA) is 78.4 Å². The molecule has 2 rings (SSSR count). The Morgan fingerprint density at radius 1 is 1.17 bits per heavy atom. The molecule has 0 fully saturated rings. The summed E-state index contributed by atoms with van der Waals surface area (Å²) in [6.45, 7) is 0. The minimum absolute atomic E-state index is 0.0454. The first-order valence-corrected chi connectivity index (χ1v) is 6.11. The standard InChI is InChI=1S/C12H9IN2O3/c13-11-7-9(15(16)17)3-6-12(11)18-10-4-1-8(14)2-5-10/h1-7H,14H2. The van der Waals surface area contributed by atoms with Crippen molar-refractivity contribution in [3.05, 3.63) is 56.1 Å². The average molecular weight is 356 g/mol. The zero-order valence-corrected chi connectivity index (χ0v) is 11.3. The fraction of sp³-hybridized carbons (Fsp3) is 0. The van der Waals surface area contributed by atoms with Crippen LogP contribution >= 0.6 is 22.6 Å². The Balaban J connectivity index is 2.24. The third-order valence-corrected chi connectivity index (χ3v) is 3.08. The van der Waals surface area contributed by atoms with E-state index in [4.69, 9.17) is 10.5 Å². The van der Waals surface area contributed by atoms with Gasteiger partial charge in [0.25, 0.3) is 5.69 Å². The van der Waals surface area contributed by atoms with Gasteiger partial charge in [0.2, 0.25) is 0 Å². The smallest absolute Gasteiger partial charge is 0.270 e. The molecular formula is C12H9IN2O3. The van der Waals surface area contributed by atoms with Gasteiger partial charge in [-0.2, -0.15) is 0 Å². The van der Waals surface area contributed by atoms with Crippen molar-refractivity contribution in [3.8, 4) is 11.5 Å². The van der Waals surface area contributed by atoms with Crippen molar-refractivity contribution in [2.75, 3.05) is 5.73 Å². The molecule has 0 amide bonds. The molecule has 0 spiro atoms. The first-order valence-electron chi connectivity index (χ1n) is 5.03. The van der Waals surface area contributed by atoms with Crippen molar-refractivity contribution in [1.29, 1.82) is 0 Å². The third kappa shape index (κ3) is 2.89. The van der Waals surface area contributed by atoms with E-state index in [1.54, 1.807) is 30.3 Å². The van der Waals surface area contributed by atoms with Gasteiger partial charge in [-0.15, -0.1) is 0 Å². The molecule has 0 saturated heterocycles. The number of halogens is 1. The van der Waals surface area contributed by atoms with Crippen LogP contribution in [-0.2, 0) is 0 Å². The van der Waals surface area contributed by atoms with Crippen LogP contribution in [0, 0.1) is 13.7 Å². The summed E-state index contributed by atoms with van der Waals surface area (Å²) in [5.74, 6) is 1.21. The number of anilines is 1. The Hall–Kier alpha value is -1.83. The Labute approximate surface area is 117 Å². The minimum Gasteiger partial charge on any atom is -0.456 e. The van der Waals surface area contributed by atoms with Gasteiger partial charge in [0.1, 0.15) is 11.5 Å².